The van der Waals surface area contributed by atoms with Gasteiger partial charge in [-0.15, -0.1) is 0 Å². The lowest BCUT2D eigenvalue weighted by Gasteiger charge is -2.29. The largest absolute Gasteiger partial charge is 0.504 e. The number of nitrogens with one attached hydrogen (secondary N) is 2. The van der Waals surface area contributed by atoms with Crippen LogP contribution < -0.4 is 20.3 Å². The second-order valence-corrected chi connectivity index (χ2v) is 10.1. The van der Waals surface area contributed by atoms with E-state index in [4.69, 9.17) is 14.7 Å². The molecule has 176 valence electrons. The van der Waals surface area contributed by atoms with Crippen LogP contribution in [0, 0.1) is 9.49 Å². The maximum absolute atomic E-state index is 10.0. The maximum Gasteiger partial charge on any atom is 0.225 e. The number of hydrogen-bond donors (Lipinski definition) is 3. The smallest absolute Gasteiger partial charge is 0.225 e. The Kier molecular flexibility index (Phi) is 7.75. The van der Waals surface area contributed by atoms with Gasteiger partial charge in [0.1, 0.15) is 5.82 Å². The molecule has 1 saturated carbocycles. The quantitative estimate of drug-likeness (QED) is 0.342. The lowest BCUT2D eigenvalue weighted by molar-refractivity contribution is 0.323. The van der Waals surface area contributed by atoms with E-state index in [0.717, 1.165) is 57.7 Å². The van der Waals surface area contributed by atoms with Crippen LogP contribution in [0.15, 0.2) is 36.4 Å². The number of hydrogen-bond acceptors (Lipinski definition) is 7. The van der Waals surface area contributed by atoms with Crippen molar-refractivity contribution in [3.63, 3.8) is 0 Å². The summed E-state index contributed by atoms with van der Waals surface area (Å²) < 4.78 is 6.07. The van der Waals surface area contributed by atoms with Crippen LogP contribution in [0.3, 0.4) is 0 Å². The maximum atomic E-state index is 10.0. The average molecular weight is 561 g/mol. The minimum Gasteiger partial charge on any atom is -0.504 e. The van der Waals surface area contributed by atoms with E-state index in [1.165, 1.54) is 12.8 Å². The SMILES string of the molecule is COc1cc(CNC[C@H]2CC[C@@H](Nc3nc(N(C)C)c4ccccc4n3)CC2)cc(I)c1O. The monoisotopic (exact) mass is 561 g/mol. The van der Waals surface area contributed by atoms with E-state index in [2.05, 4.69) is 39.3 Å². The number of methoxy groups -OCH3 is 1. The second kappa shape index (κ2) is 10.7. The number of aromatic nitrogens is 2. The van der Waals surface area contributed by atoms with E-state index in [1.54, 1.807) is 7.11 Å². The fraction of sp³-hybridized carbons (Fsp3) is 0.440. The zero-order valence-corrected chi connectivity index (χ0v) is 21.6. The van der Waals surface area contributed by atoms with E-state index in [-0.39, 0.29) is 5.75 Å². The van der Waals surface area contributed by atoms with Crippen molar-refractivity contribution < 1.29 is 9.84 Å². The number of ether oxygens (including phenoxy) is 1. The third-order valence-corrected chi connectivity index (χ3v) is 7.08. The Balaban J connectivity index is 1.29. The number of nitrogens with zero attached hydrogens (tertiary/aromatic N) is 3. The molecule has 0 amide bonds. The van der Waals surface area contributed by atoms with Crippen molar-refractivity contribution >= 4 is 45.3 Å². The van der Waals surface area contributed by atoms with Crippen LogP contribution in [0.4, 0.5) is 11.8 Å². The third-order valence-electron chi connectivity index (χ3n) is 6.26. The van der Waals surface area contributed by atoms with Gasteiger partial charge in [-0.25, -0.2) is 4.98 Å². The van der Waals surface area contributed by atoms with Gasteiger partial charge < -0.3 is 25.4 Å². The van der Waals surface area contributed by atoms with Gasteiger partial charge in [0, 0.05) is 32.1 Å². The van der Waals surface area contributed by atoms with E-state index in [9.17, 15) is 5.11 Å². The van der Waals surface area contributed by atoms with E-state index in [1.807, 2.05) is 49.3 Å². The highest BCUT2D eigenvalue weighted by Gasteiger charge is 2.22. The number of fused-ring (bicyclic) bond motifs is 1. The molecule has 2 aromatic carbocycles. The molecule has 1 aliphatic carbocycles. The first-order chi connectivity index (χ1) is 15.9. The first-order valence-electron chi connectivity index (χ1n) is 11.4. The van der Waals surface area contributed by atoms with Gasteiger partial charge >= 0.3 is 0 Å². The highest BCUT2D eigenvalue weighted by Crippen LogP contribution is 2.32. The van der Waals surface area contributed by atoms with E-state index in [0.29, 0.717) is 17.7 Å². The molecule has 0 aliphatic heterocycles. The highest BCUT2D eigenvalue weighted by molar-refractivity contribution is 14.1. The molecule has 0 atom stereocenters. The zero-order valence-electron chi connectivity index (χ0n) is 19.4. The molecule has 1 heterocycles. The Hall–Kier alpha value is -2.33. The lowest BCUT2D eigenvalue weighted by Crippen LogP contribution is -2.31. The lowest BCUT2D eigenvalue weighted by atomic mass is 9.86. The Morgan fingerprint density at radius 3 is 2.61 bits per heavy atom. The fourth-order valence-electron chi connectivity index (χ4n) is 4.46. The number of rotatable bonds is 8. The molecule has 0 radical (unpaired) electrons. The average Bonchev–Trinajstić information content (AvgIpc) is 2.81. The van der Waals surface area contributed by atoms with Crippen LogP contribution in [0.25, 0.3) is 10.9 Å². The minimum absolute atomic E-state index is 0.209. The Labute approximate surface area is 209 Å². The highest BCUT2D eigenvalue weighted by atomic mass is 127. The molecule has 4 rings (SSSR count). The molecule has 8 heteroatoms. The molecule has 7 nitrogen and oxygen atoms in total. The van der Waals surface area contributed by atoms with Gasteiger partial charge in [-0.1, -0.05) is 12.1 Å². The summed E-state index contributed by atoms with van der Waals surface area (Å²) in [5.41, 5.74) is 2.09. The molecule has 0 unspecified atom stereocenters. The Morgan fingerprint density at radius 1 is 1.12 bits per heavy atom. The first kappa shape index (κ1) is 23.8. The molecule has 1 aliphatic rings. The third kappa shape index (κ3) is 5.78. The number of anilines is 2. The summed E-state index contributed by atoms with van der Waals surface area (Å²) >= 11 is 2.14. The number of aromatic hydroxyl groups is 1. The summed E-state index contributed by atoms with van der Waals surface area (Å²) in [5, 5.41) is 18.2. The van der Waals surface area contributed by atoms with Crippen LogP contribution in [0.5, 0.6) is 11.5 Å². The molecule has 1 fully saturated rings. The molecule has 0 bridgehead atoms. The summed E-state index contributed by atoms with van der Waals surface area (Å²) in [4.78, 5) is 11.6. The van der Waals surface area contributed by atoms with Crippen LogP contribution in [-0.2, 0) is 6.54 Å². The van der Waals surface area contributed by atoms with Crippen molar-refractivity contribution in [2.75, 3.05) is 38.0 Å². The summed E-state index contributed by atoms with van der Waals surface area (Å²) in [6.07, 6.45) is 4.58. The summed E-state index contributed by atoms with van der Waals surface area (Å²) in [6, 6.07) is 12.5. The van der Waals surface area contributed by atoms with Crippen LogP contribution in [0.1, 0.15) is 31.2 Å². The Bertz CT molecular complexity index is 1100. The number of phenols is 1. The molecular weight excluding hydrogens is 529 g/mol. The molecule has 0 saturated heterocycles. The minimum atomic E-state index is 0.209. The second-order valence-electron chi connectivity index (χ2n) is 8.90. The number of halogens is 1. The van der Waals surface area contributed by atoms with Crippen molar-refractivity contribution in [1.29, 1.82) is 0 Å². The van der Waals surface area contributed by atoms with Gasteiger partial charge in [0.05, 0.1) is 16.2 Å². The van der Waals surface area contributed by atoms with Gasteiger partial charge in [-0.2, -0.15) is 4.98 Å². The molecule has 3 aromatic rings. The summed E-state index contributed by atoms with van der Waals surface area (Å²) in [7, 11) is 5.62. The van der Waals surface area contributed by atoms with Crippen molar-refractivity contribution in [3.05, 3.63) is 45.5 Å². The standard InChI is InChI=1S/C25H32IN5O2/c1-31(2)24-19-6-4-5-7-21(19)29-25(30-24)28-18-10-8-16(9-11-18)14-27-15-17-12-20(26)23(32)22(13-17)33-3/h4-7,12-13,16,18,27,32H,8-11,14-15H2,1-3H3,(H,28,29,30)/t16-,18+. The summed E-state index contributed by atoms with van der Waals surface area (Å²) in [5.74, 6) is 3.06. The van der Waals surface area contributed by atoms with Gasteiger partial charge in [0.2, 0.25) is 5.95 Å². The fourth-order valence-corrected chi connectivity index (χ4v) is 5.13. The van der Waals surface area contributed by atoms with Crippen molar-refractivity contribution in [3.8, 4) is 11.5 Å². The van der Waals surface area contributed by atoms with Crippen LogP contribution in [0.2, 0.25) is 0 Å². The van der Waals surface area contributed by atoms with E-state index >= 15 is 0 Å². The van der Waals surface area contributed by atoms with Gasteiger partial charge in [0.25, 0.3) is 0 Å². The number of phenolic OH excluding ortho intramolecular Hbond substituents is 1. The number of benzene rings is 2. The molecule has 1 aromatic heterocycles. The van der Waals surface area contributed by atoms with Crippen molar-refractivity contribution in [2.24, 2.45) is 5.92 Å². The zero-order chi connectivity index (χ0) is 23.4. The normalized spacial score (nSPS) is 18.3. The predicted octanol–water partition coefficient (Wildman–Crippen LogP) is 4.78. The predicted molar refractivity (Wildman–Crippen MR) is 142 cm³/mol. The molecule has 33 heavy (non-hydrogen) atoms. The van der Waals surface area contributed by atoms with Gasteiger partial charge in [-0.3, -0.25) is 0 Å². The molecule has 0 spiro atoms. The summed E-state index contributed by atoms with van der Waals surface area (Å²) in [6.45, 7) is 1.76. The van der Waals surface area contributed by atoms with Crippen molar-refractivity contribution in [1.82, 2.24) is 15.3 Å². The van der Waals surface area contributed by atoms with Gasteiger partial charge in [-0.05, 0) is 90.6 Å². The van der Waals surface area contributed by atoms with E-state index < -0.39 is 0 Å². The molecule has 3 N–H and O–H groups in total. The van der Waals surface area contributed by atoms with Crippen LogP contribution in [-0.4, -0.2) is 48.9 Å². The first-order valence-corrected chi connectivity index (χ1v) is 12.5. The molecular formula is C25H32IN5O2. The topological polar surface area (TPSA) is 82.5 Å². The number of para-hydroxylation sites is 1. The van der Waals surface area contributed by atoms with Crippen molar-refractivity contribution in [2.45, 2.75) is 38.3 Å². The Morgan fingerprint density at radius 2 is 1.88 bits per heavy atom. The van der Waals surface area contributed by atoms with Gasteiger partial charge in [0.15, 0.2) is 11.5 Å². The van der Waals surface area contributed by atoms with Crippen LogP contribution >= 0.6 is 22.6 Å².